The number of benzene rings is 1. The molecule has 1 aliphatic heterocycles. The van der Waals surface area contributed by atoms with Crippen LogP contribution in [0.2, 0.25) is 0 Å². The van der Waals surface area contributed by atoms with Gasteiger partial charge in [0.25, 0.3) is 0 Å². The van der Waals surface area contributed by atoms with E-state index < -0.39 is 0 Å². The van der Waals surface area contributed by atoms with E-state index in [1.807, 2.05) is 19.1 Å². The molecule has 2 heterocycles. The predicted molar refractivity (Wildman–Crippen MR) is 97.1 cm³/mol. The summed E-state index contributed by atoms with van der Waals surface area (Å²) < 4.78 is 11.3. The van der Waals surface area contributed by atoms with Crippen LogP contribution < -0.4 is 10.1 Å². The number of ether oxygens (including phenoxy) is 2. The minimum atomic E-state index is -0.0701. The predicted octanol–water partition coefficient (Wildman–Crippen LogP) is 3.80. The van der Waals surface area contributed by atoms with Gasteiger partial charge in [0.05, 0.1) is 6.61 Å². The molecule has 0 unspecified atom stereocenters. The highest BCUT2D eigenvalue weighted by Gasteiger charge is 2.22. The first-order chi connectivity index (χ1) is 12.1. The minimum Gasteiger partial charge on any atom is -0.493 e. The Labute approximate surface area is 151 Å². The molecule has 1 N–H and O–H groups in total. The van der Waals surface area contributed by atoms with Crippen molar-refractivity contribution in [2.45, 2.75) is 45.6 Å². The number of aryl methyl sites for hydroxylation is 2. The second-order valence-corrected chi connectivity index (χ2v) is 7.23. The highest BCUT2D eigenvalue weighted by molar-refractivity contribution is 7.15. The number of aromatic nitrogens is 2. The lowest BCUT2D eigenvalue weighted by Gasteiger charge is -2.09. The van der Waals surface area contributed by atoms with Gasteiger partial charge in [0, 0.05) is 13.0 Å². The molecule has 3 rings (SSSR count). The van der Waals surface area contributed by atoms with E-state index in [1.54, 1.807) is 0 Å². The Balaban J connectivity index is 1.39. The lowest BCUT2D eigenvalue weighted by molar-refractivity contribution is -0.116. The van der Waals surface area contributed by atoms with Gasteiger partial charge in [-0.1, -0.05) is 29.0 Å². The van der Waals surface area contributed by atoms with E-state index in [2.05, 4.69) is 28.5 Å². The van der Waals surface area contributed by atoms with Crippen LogP contribution in [0.25, 0.3) is 0 Å². The number of carbonyl (C=O) groups is 1. The van der Waals surface area contributed by atoms with Crippen molar-refractivity contribution >= 4 is 22.4 Å². The summed E-state index contributed by atoms with van der Waals surface area (Å²) in [5.41, 5.74) is 2.32. The summed E-state index contributed by atoms with van der Waals surface area (Å²) in [6.45, 7) is 5.36. The number of carbonyl (C=O) groups excluding carboxylic acids is 1. The van der Waals surface area contributed by atoms with E-state index in [4.69, 9.17) is 9.47 Å². The van der Waals surface area contributed by atoms with Gasteiger partial charge in [0.1, 0.15) is 16.9 Å². The summed E-state index contributed by atoms with van der Waals surface area (Å²) in [5.74, 6) is 0.801. The molecule has 0 bridgehead atoms. The molecule has 1 aromatic heterocycles. The number of rotatable bonds is 7. The fraction of sp³-hybridized carbons (Fsp3) is 0.500. The summed E-state index contributed by atoms with van der Waals surface area (Å²) in [6.07, 6.45) is 3.09. The van der Waals surface area contributed by atoms with Crippen molar-refractivity contribution < 1.29 is 14.3 Å². The second kappa shape index (κ2) is 8.40. The average molecular weight is 361 g/mol. The zero-order valence-electron chi connectivity index (χ0n) is 14.6. The standard InChI is InChI=1S/C18H23N3O3S/c1-12-7-8-14(13(2)11-12)23-10-4-6-16(22)19-18-21-20-17(25-18)15-5-3-9-24-15/h7-8,11,15H,3-6,9-10H2,1-2H3,(H,19,21,22)/t15-/m0/s1. The first-order valence-electron chi connectivity index (χ1n) is 8.57. The zero-order valence-corrected chi connectivity index (χ0v) is 15.4. The molecule has 1 saturated heterocycles. The number of hydrogen-bond acceptors (Lipinski definition) is 6. The van der Waals surface area contributed by atoms with E-state index >= 15 is 0 Å². The first-order valence-corrected chi connectivity index (χ1v) is 9.38. The van der Waals surface area contributed by atoms with Crippen LogP contribution in [-0.2, 0) is 9.53 Å². The van der Waals surface area contributed by atoms with Gasteiger partial charge in [0.15, 0.2) is 0 Å². The van der Waals surface area contributed by atoms with Gasteiger partial charge in [-0.15, -0.1) is 10.2 Å². The van der Waals surface area contributed by atoms with Crippen molar-refractivity contribution in [3.05, 3.63) is 34.3 Å². The maximum Gasteiger partial charge on any atom is 0.226 e. The number of nitrogens with one attached hydrogen (secondary N) is 1. The Bertz CT molecular complexity index is 726. The molecular weight excluding hydrogens is 338 g/mol. The third-order valence-electron chi connectivity index (χ3n) is 4.03. The first kappa shape index (κ1) is 17.8. The Hall–Kier alpha value is -1.99. The Morgan fingerprint density at radius 1 is 1.40 bits per heavy atom. The lowest BCUT2D eigenvalue weighted by atomic mass is 10.1. The fourth-order valence-electron chi connectivity index (χ4n) is 2.75. The molecule has 0 radical (unpaired) electrons. The lowest BCUT2D eigenvalue weighted by Crippen LogP contribution is -2.12. The molecule has 6 nitrogen and oxygen atoms in total. The summed E-state index contributed by atoms with van der Waals surface area (Å²) in [5, 5.41) is 12.3. The normalized spacial score (nSPS) is 16.8. The van der Waals surface area contributed by atoms with Crippen LogP contribution in [0.5, 0.6) is 5.75 Å². The summed E-state index contributed by atoms with van der Waals surface area (Å²) in [7, 11) is 0. The van der Waals surface area contributed by atoms with Crippen LogP contribution in [0.1, 0.15) is 47.9 Å². The van der Waals surface area contributed by atoms with Crippen molar-refractivity contribution in [2.24, 2.45) is 0 Å². The molecule has 1 amide bonds. The third kappa shape index (κ3) is 4.99. The molecule has 1 aliphatic rings. The number of amides is 1. The molecule has 1 atom stereocenters. The molecule has 7 heteroatoms. The molecule has 0 saturated carbocycles. The molecule has 1 fully saturated rings. The highest BCUT2D eigenvalue weighted by atomic mass is 32.1. The van der Waals surface area contributed by atoms with Crippen molar-refractivity contribution in [1.82, 2.24) is 10.2 Å². The molecule has 2 aromatic rings. The summed E-state index contributed by atoms with van der Waals surface area (Å²) in [6, 6.07) is 6.08. The van der Waals surface area contributed by atoms with Crippen LogP contribution in [-0.4, -0.2) is 29.3 Å². The van der Waals surface area contributed by atoms with Crippen LogP contribution in [0, 0.1) is 13.8 Å². The number of anilines is 1. The molecule has 134 valence electrons. The van der Waals surface area contributed by atoms with Crippen LogP contribution >= 0.6 is 11.3 Å². The Morgan fingerprint density at radius 3 is 3.04 bits per heavy atom. The van der Waals surface area contributed by atoms with Gasteiger partial charge in [-0.25, -0.2) is 0 Å². The van der Waals surface area contributed by atoms with Gasteiger partial charge >= 0.3 is 0 Å². The van der Waals surface area contributed by atoms with Crippen LogP contribution in [0.4, 0.5) is 5.13 Å². The van der Waals surface area contributed by atoms with Crippen molar-refractivity contribution in [2.75, 3.05) is 18.5 Å². The van der Waals surface area contributed by atoms with E-state index in [-0.39, 0.29) is 12.0 Å². The maximum atomic E-state index is 12.0. The quantitative estimate of drug-likeness (QED) is 0.759. The summed E-state index contributed by atoms with van der Waals surface area (Å²) >= 11 is 1.39. The smallest absolute Gasteiger partial charge is 0.226 e. The molecule has 25 heavy (non-hydrogen) atoms. The Kier molecular flexibility index (Phi) is 5.99. The zero-order chi connectivity index (χ0) is 17.6. The van der Waals surface area contributed by atoms with Gasteiger partial charge < -0.3 is 14.8 Å². The topological polar surface area (TPSA) is 73.3 Å². The Morgan fingerprint density at radius 2 is 2.28 bits per heavy atom. The fourth-order valence-corrected chi connectivity index (χ4v) is 3.59. The van der Waals surface area contributed by atoms with Crippen molar-refractivity contribution in [3.8, 4) is 5.75 Å². The van der Waals surface area contributed by atoms with Crippen LogP contribution in [0.3, 0.4) is 0 Å². The highest BCUT2D eigenvalue weighted by Crippen LogP contribution is 2.31. The largest absolute Gasteiger partial charge is 0.493 e. The molecule has 0 spiro atoms. The maximum absolute atomic E-state index is 12.0. The van der Waals surface area contributed by atoms with Crippen molar-refractivity contribution in [3.63, 3.8) is 0 Å². The number of hydrogen-bond donors (Lipinski definition) is 1. The van der Waals surface area contributed by atoms with Gasteiger partial charge in [0.2, 0.25) is 11.0 Å². The minimum absolute atomic E-state index is 0.0364. The monoisotopic (exact) mass is 361 g/mol. The van der Waals surface area contributed by atoms with Gasteiger partial charge in [-0.05, 0) is 44.7 Å². The SMILES string of the molecule is Cc1ccc(OCCCC(=O)Nc2nnc([C@@H]3CCCO3)s2)c(C)c1. The summed E-state index contributed by atoms with van der Waals surface area (Å²) in [4.78, 5) is 12.0. The molecule has 0 aliphatic carbocycles. The van der Waals surface area contributed by atoms with E-state index in [0.29, 0.717) is 24.6 Å². The van der Waals surface area contributed by atoms with Crippen molar-refractivity contribution in [1.29, 1.82) is 0 Å². The average Bonchev–Trinajstić information content (AvgIpc) is 3.24. The molecular formula is C18H23N3O3S. The van der Waals surface area contributed by atoms with Gasteiger partial charge in [-0.3, -0.25) is 4.79 Å². The van der Waals surface area contributed by atoms with E-state index in [1.165, 1.54) is 16.9 Å². The van der Waals surface area contributed by atoms with E-state index in [0.717, 1.165) is 35.8 Å². The second-order valence-electron chi connectivity index (χ2n) is 6.22. The van der Waals surface area contributed by atoms with Gasteiger partial charge in [-0.2, -0.15) is 0 Å². The van der Waals surface area contributed by atoms with E-state index in [9.17, 15) is 4.79 Å². The van der Waals surface area contributed by atoms with Crippen LogP contribution in [0.15, 0.2) is 18.2 Å². The molecule has 1 aromatic carbocycles. The third-order valence-corrected chi connectivity index (χ3v) is 4.96. The number of nitrogens with zero attached hydrogens (tertiary/aromatic N) is 2.